The third-order valence-electron chi connectivity index (χ3n) is 14.9. The molecule has 0 bridgehead atoms. The summed E-state index contributed by atoms with van der Waals surface area (Å²) in [5, 5.41) is 33.7. The van der Waals surface area contributed by atoms with Gasteiger partial charge in [-0.05, 0) is 112 Å². The van der Waals surface area contributed by atoms with E-state index in [1.165, 1.54) is 94.3 Å². The van der Waals surface area contributed by atoms with Crippen LogP contribution in [0.1, 0.15) is 165 Å². The minimum atomic E-state index is -1.43. The first-order valence-corrected chi connectivity index (χ1v) is 23.4. The van der Waals surface area contributed by atoms with Gasteiger partial charge in [0.2, 0.25) is 0 Å². The van der Waals surface area contributed by atoms with Crippen LogP contribution in [0.3, 0.4) is 0 Å². The molecular formula is C43H78O4Si. The van der Waals surface area contributed by atoms with Crippen LogP contribution in [0, 0.1) is 40.4 Å². The van der Waals surface area contributed by atoms with Crippen molar-refractivity contribution in [1.82, 2.24) is 0 Å². The zero-order chi connectivity index (χ0) is 35.2. The lowest BCUT2D eigenvalue weighted by molar-refractivity contribution is -0.100. The maximum atomic E-state index is 12.1. The Bertz CT molecular complexity index is 1050. The van der Waals surface area contributed by atoms with Crippen LogP contribution >= 0.6 is 0 Å². The van der Waals surface area contributed by atoms with Crippen molar-refractivity contribution in [2.45, 2.75) is 200 Å². The van der Waals surface area contributed by atoms with E-state index < -0.39 is 26.1 Å². The maximum Gasteiger partial charge on any atom is 0.191 e. The predicted molar refractivity (Wildman–Crippen MR) is 205 cm³/mol. The number of aliphatic hydroxyl groups excluding tert-OH is 2. The van der Waals surface area contributed by atoms with E-state index in [0.717, 1.165) is 51.0 Å². The third-order valence-corrected chi connectivity index (χ3v) is 19.6. The minimum Gasteiger partial charge on any atom is -0.417 e. The molecule has 3 fully saturated rings. The average Bonchev–Trinajstić information content (AvgIpc) is 3.41. The van der Waals surface area contributed by atoms with Gasteiger partial charge in [0.15, 0.2) is 8.32 Å². The number of aliphatic hydroxyl groups is 3. The van der Waals surface area contributed by atoms with Crippen LogP contribution in [-0.2, 0) is 4.43 Å². The monoisotopic (exact) mass is 687 g/mol. The highest BCUT2D eigenvalue weighted by Crippen LogP contribution is 2.66. The highest BCUT2D eigenvalue weighted by atomic mass is 28.4. The number of unbranched alkanes of at least 4 members (excludes halogenated alkanes) is 7. The van der Waals surface area contributed by atoms with Gasteiger partial charge in [-0.15, -0.1) is 0 Å². The van der Waals surface area contributed by atoms with Crippen LogP contribution in [0.5, 0.6) is 0 Å². The summed E-state index contributed by atoms with van der Waals surface area (Å²) in [4.78, 5) is 0. The van der Waals surface area contributed by atoms with E-state index in [0.29, 0.717) is 23.2 Å². The van der Waals surface area contributed by atoms with Gasteiger partial charge < -0.3 is 19.7 Å². The SMILES string of the molecule is CC[Si](CC)(CC)OCCCCCCCCCC[C@@H]1[C@H](O)CC2=CC=C3[C@@H]4CC[C@H]([C@H](C)CCCC(C)(C)O)[C@@]4(C)CC[C@@H]3[C@@]2(C)[C@H]1O. The Kier molecular flexibility index (Phi) is 14.6. The molecule has 0 amide bonds. The second-order valence-electron chi connectivity index (χ2n) is 18.2. The fourth-order valence-electron chi connectivity index (χ4n) is 11.5. The van der Waals surface area contributed by atoms with E-state index in [9.17, 15) is 15.3 Å². The van der Waals surface area contributed by atoms with Gasteiger partial charge in [-0.1, -0.05) is 123 Å². The molecule has 4 aliphatic rings. The van der Waals surface area contributed by atoms with E-state index in [-0.39, 0.29) is 11.3 Å². The number of fused-ring (bicyclic) bond motifs is 5. The summed E-state index contributed by atoms with van der Waals surface area (Å²) in [5.74, 6) is 2.41. The first-order valence-electron chi connectivity index (χ1n) is 20.9. The molecule has 9 atom stereocenters. The summed E-state index contributed by atoms with van der Waals surface area (Å²) in [5.41, 5.74) is 2.42. The molecule has 0 aliphatic heterocycles. The van der Waals surface area contributed by atoms with Crippen LogP contribution < -0.4 is 0 Å². The zero-order valence-electron chi connectivity index (χ0n) is 32.8. The summed E-state index contributed by atoms with van der Waals surface area (Å²) in [6.45, 7) is 19.2. The fraction of sp³-hybridized carbons (Fsp3) is 0.907. The van der Waals surface area contributed by atoms with Crippen molar-refractivity contribution >= 4 is 8.32 Å². The summed E-state index contributed by atoms with van der Waals surface area (Å²) in [6.07, 6.45) is 23.7. The van der Waals surface area contributed by atoms with Crippen LogP contribution in [0.15, 0.2) is 23.3 Å². The molecule has 4 nitrogen and oxygen atoms in total. The molecule has 48 heavy (non-hydrogen) atoms. The lowest BCUT2D eigenvalue weighted by atomic mass is 9.48. The van der Waals surface area contributed by atoms with Crippen molar-refractivity contribution in [2.75, 3.05) is 6.61 Å². The highest BCUT2D eigenvalue weighted by Gasteiger charge is 2.60. The van der Waals surface area contributed by atoms with E-state index in [1.54, 1.807) is 5.57 Å². The first kappa shape index (κ1) is 40.3. The number of hydrogen-bond acceptors (Lipinski definition) is 4. The molecule has 4 aliphatic carbocycles. The first-order chi connectivity index (χ1) is 22.8. The van der Waals surface area contributed by atoms with Gasteiger partial charge in [-0.25, -0.2) is 0 Å². The van der Waals surface area contributed by atoms with Gasteiger partial charge in [-0.2, -0.15) is 0 Å². The molecule has 0 radical (unpaired) electrons. The normalized spacial score (nSPS) is 34.2. The van der Waals surface area contributed by atoms with Crippen molar-refractivity contribution in [3.63, 3.8) is 0 Å². The molecule has 5 heteroatoms. The molecule has 0 unspecified atom stereocenters. The Balaban J connectivity index is 1.23. The molecule has 0 saturated heterocycles. The van der Waals surface area contributed by atoms with E-state index in [4.69, 9.17) is 4.43 Å². The van der Waals surface area contributed by atoms with Crippen molar-refractivity contribution in [1.29, 1.82) is 0 Å². The molecule has 0 spiro atoms. The van der Waals surface area contributed by atoms with E-state index in [1.807, 2.05) is 13.8 Å². The molecule has 4 rings (SSSR count). The highest BCUT2D eigenvalue weighted by molar-refractivity contribution is 6.73. The number of allylic oxidation sites excluding steroid dienone is 3. The van der Waals surface area contributed by atoms with E-state index in [2.05, 4.69) is 53.7 Å². The standard InChI is InChI=1S/C43H78O4Si/c1-9-48(10-2,11-3)47-30-19-17-15-13-12-14-16-18-22-35-39(44)31-33-23-24-34-37-26-25-36(32(4)21-20-28-41(5,6)46)42(37,7)29-27-38(34)43(33,8)40(35)45/h23-24,32,35-40,44-46H,9-22,25-31H2,1-8H3/t32-,35-,36-,37+,38+,39-,40+,42-,43+/m1/s1. The second-order valence-corrected chi connectivity index (χ2v) is 23.0. The second kappa shape index (κ2) is 17.4. The van der Waals surface area contributed by atoms with Gasteiger partial charge in [0.1, 0.15) is 0 Å². The predicted octanol–water partition coefficient (Wildman–Crippen LogP) is 11.2. The number of hydrogen-bond donors (Lipinski definition) is 3. The van der Waals surface area contributed by atoms with Crippen molar-refractivity contribution in [3.05, 3.63) is 23.3 Å². The topological polar surface area (TPSA) is 69.9 Å². The lowest BCUT2D eigenvalue weighted by Crippen LogP contribution is -2.56. The van der Waals surface area contributed by atoms with Gasteiger partial charge in [0.05, 0.1) is 17.8 Å². The van der Waals surface area contributed by atoms with Gasteiger partial charge in [0.25, 0.3) is 0 Å². The van der Waals surface area contributed by atoms with Gasteiger partial charge in [-0.3, -0.25) is 0 Å². The summed E-state index contributed by atoms with van der Waals surface area (Å²) in [6, 6.07) is 3.74. The Hall–Kier alpha value is -0.463. The Morgan fingerprint density at radius 2 is 1.48 bits per heavy atom. The molecule has 3 N–H and O–H groups in total. The summed E-state index contributed by atoms with van der Waals surface area (Å²) in [7, 11) is -1.43. The van der Waals surface area contributed by atoms with Crippen LogP contribution in [0.2, 0.25) is 18.1 Å². The van der Waals surface area contributed by atoms with E-state index >= 15 is 0 Å². The summed E-state index contributed by atoms with van der Waals surface area (Å²) < 4.78 is 6.42. The van der Waals surface area contributed by atoms with Gasteiger partial charge >= 0.3 is 0 Å². The van der Waals surface area contributed by atoms with Crippen molar-refractivity contribution < 1.29 is 19.7 Å². The molecule has 278 valence electrons. The zero-order valence-corrected chi connectivity index (χ0v) is 33.8. The average molecular weight is 687 g/mol. The molecule has 0 aromatic heterocycles. The van der Waals surface area contributed by atoms with Crippen LogP contribution in [-0.4, -0.2) is 48.1 Å². The van der Waals surface area contributed by atoms with Crippen LogP contribution in [0.25, 0.3) is 0 Å². The minimum absolute atomic E-state index is 0.0167. The Morgan fingerprint density at radius 3 is 2.10 bits per heavy atom. The largest absolute Gasteiger partial charge is 0.417 e. The number of rotatable bonds is 20. The van der Waals surface area contributed by atoms with Gasteiger partial charge in [0, 0.05) is 17.9 Å². The fourth-order valence-corrected chi connectivity index (χ4v) is 14.2. The molecule has 0 aromatic rings. The van der Waals surface area contributed by atoms with Crippen molar-refractivity contribution in [3.8, 4) is 0 Å². The maximum absolute atomic E-state index is 12.1. The quantitative estimate of drug-likeness (QED) is 0.0880. The molecule has 0 aromatic carbocycles. The Labute approximate surface area is 298 Å². The molecule has 3 saturated carbocycles. The lowest BCUT2D eigenvalue weighted by Gasteiger charge is -2.58. The summed E-state index contributed by atoms with van der Waals surface area (Å²) >= 11 is 0. The van der Waals surface area contributed by atoms with Crippen LogP contribution in [0.4, 0.5) is 0 Å². The third kappa shape index (κ3) is 8.94. The smallest absolute Gasteiger partial charge is 0.191 e. The molecule has 0 heterocycles. The Morgan fingerprint density at radius 1 is 0.854 bits per heavy atom. The van der Waals surface area contributed by atoms with Crippen molar-refractivity contribution in [2.24, 2.45) is 40.4 Å². The molecular weight excluding hydrogens is 609 g/mol.